The number of anilines is 2. The minimum absolute atomic E-state index is 0.00404. The van der Waals surface area contributed by atoms with Crippen LogP contribution in [0.2, 0.25) is 0 Å². The third-order valence-electron chi connectivity index (χ3n) is 9.94. The lowest BCUT2D eigenvalue weighted by Crippen LogP contribution is -2.42. The molecule has 10 nitrogen and oxygen atoms in total. The first-order chi connectivity index (χ1) is 25.4. The fourth-order valence-electron chi connectivity index (χ4n) is 7.10. The van der Waals surface area contributed by atoms with E-state index in [1.54, 1.807) is 19.2 Å². The van der Waals surface area contributed by atoms with Gasteiger partial charge in [0.15, 0.2) is 6.29 Å². The van der Waals surface area contributed by atoms with Gasteiger partial charge in [-0.1, -0.05) is 84.9 Å². The van der Waals surface area contributed by atoms with Gasteiger partial charge in [-0.2, -0.15) is 0 Å². The first-order valence-electron chi connectivity index (χ1n) is 18.2. The third kappa shape index (κ3) is 9.84. The number of nitrogens with one attached hydrogen (secondary N) is 2. The van der Waals surface area contributed by atoms with Crippen molar-refractivity contribution in [2.45, 2.75) is 76.2 Å². The Hall–Kier alpha value is -4.58. The highest BCUT2D eigenvalue weighted by molar-refractivity contribution is 5.94. The molecule has 274 valence electrons. The van der Waals surface area contributed by atoms with Gasteiger partial charge in [0.2, 0.25) is 11.8 Å². The zero-order chi connectivity index (χ0) is 36.3. The van der Waals surface area contributed by atoms with Gasteiger partial charge in [0.05, 0.1) is 36.8 Å². The second-order valence-electron chi connectivity index (χ2n) is 13.6. The number of carbonyl (C=O) groups excluding carboxylic acids is 2. The Labute approximate surface area is 306 Å². The normalized spacial score (nSPS) is 20.4. The first-order valence-corrected chi connectivity index (χ1v) is 18.2. The Morgan fingerprint density at radius 2 is 1.63 bits per heavy atom. The van der Waals surface area contributed by atoms with E-state index in [1.807, 2.05) is 54.6 Å². The largest absolute Gasteiger partial charge is 0.397 e. The van der Waals surface area contributed by atoms with E-state index in [0.717, 1.165) is 72.3 Å². The standard InChI is InChI=1S/C42H50N4O6/c1-50-28-34-9-7-23-46(34)26-35-24-39(31-17-15-29(27-47)16-18-31)52-42(51-35)32-21-19-30(20-22-32)36-10-3-2-8-33(36)25-44-40(48)13-6-14-41(49)45-38-12-5-4-11-37(38)43/h2-5,8,10-12,15-22,34-35,39,42,47H,6-7,9,13-14,23-28,43H2,1H3,(H,44,48)(H,45,49). The number of nitrogen functional groups attached to an aromatic ring is 1. The van der Waals surface area contributed by atoms with E-state index >= 15 is 0 Å². The molecule has 4 unspecified atom stereocenters. The van der Waals surface area contributed by atoms with Crippen LogP contribution in [0, 0.1) is 0 Å². The molecule has 52 heavy (non-hydrogen) atoms. The second-order valence-corrected chi connectivity index (χ2v) is 13.6. The Morgan fingerprint density at radius 3 is 2.40 bits per heavy atom. The van der Waals surface area contributed by atoms with Gasteiger partial charge in [-0.05, 0) is 65.8 Å². The quantitative estimate of drug-likeness (QED) is 0.103. The number of aliphatic hydroxyl groups excluding tert-OH is 1. The number of para-hydroxylation sites is 2. The molecule has 2 fully saturated rings. The summed E-state index contributed by atoms with van der Waals surface area (Å²) in [5.74, 6) is -0.282. The molecule has 2 amide bonds. The van der Waals surface area contributed by atoms with E-state index in [2.05, 4.69) is 45.9 Å². The van der Waals surface area contributed by atoms with Gasteiger partial charge in [0, 0.05) is 51.1 Å². The summed E-state index contributed by atoms with van der Waals surface area (Å²) in [7, 11) is 1.76. The minimum Gasteiger partial charge on any atom is -0.397 e. The molecule has 6 rings (SSSR count). The van der Waals surface area contributed by atoms with E-state index < -0.39 is 6.29 Å². The van der Waals surface area contributed by atoms with Crippen LogP contribution in [0.3, 0.4) is 0 Å². The topological polar surface area (TPSA) is 135 Å². The number of carbonyl (C=O) groups is 2. The molecule has 2 saturated heterocycles. The van der Waals surface area contributed by atoms with Gasteiger partial charge < -0.3 is 35.7 Å². The van der Waals surface area contributed by atoms with Crippen molar-refractivity contribution in [2.75, 3.05) is 37.9 Å². The minimum atomic E-state index is -0.541. The van der Waals surface area contributed by atoms with Crippen molar-refractivity contribution in [2.24, 2.45) is 0 Å². The number of likely N-dealkylation sites (tertiary alicyclic amines) is 1. The molecule has 4 aromatic rings. The van der Waals surface area contributed by atoms with Crippen LogP contribution in [0.5, 0.6) is 0 Å². The Kier molecular flexibility index (Phi) is 13.1. The summed E-state index contributed by atoms with van der Waals surface area (Å²) < 4.78 is 18.8. The van der Waals surface area contributed by atoms with Crippen LogP contribution in [0.15, 0.2) is 97.1 Å². The predicted molar refractivity (Wildman–Crippen MR) is 202 cm³/mol. The number of nitrogens with two attached hydrogens (primary N) is 1. The van der Waals surface area contributed by atoms with E-state index in [4.69, 9.17) is 19.9 Å². The SMILES string of the molecule is COCC1CCCN1CC1CC(c2ccc(CO)cc2)OC(c2ccc(-c3ccccc3CNC(=O)CCCC(=O)Nc3ccccc3N)cc2)O1. The number of nitrogens with zero attached hydrogens (tertiary/aromatic N) is 1. The fraction of sp³-hybridized carbons (Fsp3) is 0.381. The molecule has 10 heteroatoms. The van der Waals surface area contributed by atoms with Crippen LogP contribution in [-0.2, 0) is 37.0 Å². The monoisotopic (exact) mass is 706 g/mol. The van der Waals surface area contributed by atoms with E-state index in [1.165, 1.54) is 0 Å². The van der Waals surface area contributed by atoms with Gasteiger partial charge >= 0.3 is 0 Å². The molecular weight excluding hydrogens is 656 g/mol. The van der Waals surface area contributed by atoms with Crippen molar-refractivity contribution < 1.29 is 28.9 Å². The Balaban J connectivity index is 1.08. The summed E-state index contributed by atoms with van der Waals surface area (Å²) in [4.78, 5) is 27.5. The molecule has 0 aliphatic carbocycles. The summed E-state index contributed by atoms with van der Waals surface area (Å²) in [6.07, 6.45) is 3.20. The number of hydrogen-bond donors (Lipinski definition) is 4. The lowest BCUT2D eigenvalue weighted by Gasteiger charge is -2.38. The third-order valence-corrected chi connectivity index (χ3v) is 9.94. The molecule has 5 N–H and O–H groups in total. The van der Waals surface area contributed by atoms with E-state index in [-0.39, 0.29) is 43.5 Å². The number of benzene rings is 4. The Morgan fingerprint density at radius 1 is 0.904 bits per heavy atom. The van der Waals surface area contributed by atoms with Crippen molar-refractivity contribution in [1.29, 1.82) is 0 Å². The maximum Gasteiger partial charge on any atom is 0.224 e. The van der Waals surface area contributed by atoms with Crippen LogP contribution in [-0.4, -0.2) is 60.8 Å². The maximum absolute atomic E-state index is 12.7. The van der Waals surface area contributed by atoms with Crippen LogP contribution in [0.4, 0.5) is 11.4 Å². The number of rotatable bonds is 15. The maximum atomic E-state index is 12.7. The number of ether oxygens (including phenoxy) is 3. The summed E-state index contributed by atoms with van der Waals surface area (Å²) in [6.45, 7) is 2.94. The molecule has 0 aromatic heterocycles. The van der Waals surface area contributed by atoms with Crippen molar-refractivity contribution >= 4 is 23.2 Å². The summed E-state index contributed by atoms with van der Waals surface area (Å²) in [6, 6.07) is 31.8. The first kappa shape index (κ1) is 37.2. The van der Waals surface area contributed by atoms with Gasteiger partial charge in [0.1, 0.15) is 0 Å². The average Bonchev–Trinajstić information content (AvgIpc) is 3.61. The summed E-state index contributed by atoms with van der Waals surface area (Å²) >= 11 is 0. The van der Waals surface area contributed by atoms with Crippen molar-refractivity contribution in [3.63, 3.8) is 0 Å². The van der Waals surface area contributed by atoms with Gasteiger partial charge in [-0.3, -0.25) is 14.5 Å². The van der Waals surface area contributed by atoms with Gasteiger partial charge in [-0.15, -0.1) is 0 Å². The number of amides is 2. The van der Waals surface area contributed by atoms with E-state index in [9.17, 15) is 14.7 Å². The highest BCUT2D eigenvalue weighted by Gasteiger charge is 2.35. The van der Waals surface area contributed by atoms with Crippen molar-refractivity contribution in [1.82, 2.24) is 10.2 Å². The van der Waals surface area contributed by atoms with Crippen LogP contribution < -0.4 is 16.4 Å². The molecule has 0 spiro atoms. The average molecular weight is 707 g/mol. The fourth-order valence-corrected chi connectivity index (χ4v) is 7.10. The molecule has 0 radical (unpaired) electrons. The molecule has 4 aromatic carbocycles. The van der Waals surface area contributed by atoms with Gasteiger partial charge in [-0.25, -0.2) is 0 Å². The number of aliphatic hydroxyl groups is 1. The Bertz CT molecular complexity index is 1770. The second kappa shape index (κ2) is 18.3. The zero-order valence-electron chi connectivity index (χ0n) is 29.8. The molecular formula is C42H50N4O6. The van der Waals surface area contributed by atoms with Crippen molar-refractivity contribution in [3.8, 4) is 11.1 Å². The molecule has 2 aliphatic rings. The highest BCUT2D eigenvalue weighted by Crippen LogP contribution is 2.39. The summed E-state index contributed by atoms with van der Waals surface area (Å²) in [5.41, 5.74) is 12.9. The number of methoxy groups -OCH3 is 1. The highest BCUT2D eigenvalue weighted by atomic mass is 16.7. The summed E-state index contributed by atoms with van der Waals surface area (Å²) in [5, 5.41) is 15.4. The molecule has 2 heterocycles. The van der Waals surface area contributed by atoms with Crippen molar-refractivity contribution in [3.05, 3.63) is 119 Å². The molecule has 4 atom stereocenters. The molecule has 0 bridgehead atoms. The van der Waals surface area contributed by atoms with Crippen LogP contribution in [0.1, 0.15) is 73.2 Å². The molecule has 2 aliphatic heterocycles. The van der Waals surface area contributed by atoms with E-state index in [0.29, 0.717) is 30.4 Å². The predicted octanol–water partition coefficient (Wildman–Crippen LogP) is 6.51. The smallest absolute Gasteiger partial charge is 0.224 e. The lowest BCUT2D eigenvalue weighted by atomic mass is 9.97. The van der Waals surface area contributed by atoms with Crippen LogP contribution in [0.25, 0.3) is 11.1 Å². The number of hydrogen-bond acceptors (Lipinski definition) is 8. The van der Waals surface area contributed by atoms with Gasteiger partial charge in [0.25, 0.3) is 0 Å². The molecule has 0 saturated carbocycles. The lowest BCUT2D eigenvalue weighted by molar-refractivity contribution is -0.253. The zero-order valence-corrected chi connectivity index (χ0v) is 29.8. The van der Waals surface area contributed by atoms with Crippen LogP contribution >= 0.6 is 0 Å².